The van der Waals surface area contributed by atoms with Crippen LogP contribution in [0.1, 0.15) is 60.3 Å². The molecule has 1 fully saturated rings. The summed E-state index contributed by atoms with van der Waals surface area (Å²) in [5.74, 6) is -0.451. The molecule has 0 radical (unpaired) electrons. The van der Waals surface area contributed by atoms with E-state index in [4.69, 9.17) is 4.74 Å². The Balaban J connectivity index is 2.56. The lowest BCUT2D eigenvalue weighted by Gasteiger charge is -2.45. The van der Waals surface area contributed by atoms with E-state index >= 15 is 0 Å². The number of rotatable bonds is 4. The summed E-state index contributed by atoms with van der Waals surface area (Å²) in [7, 11) is 0. The summed E-state index contributed by atoms with van der Waals surface area (Å²) in [6.45, 7) is 10.2. The molecule has 0 amide bonds. The summed E-state index contributed by atoms with van der Waals surface area (Å²) in [6, 6.07) is 0. The highest BCUT2D eigenvalue weighted by molar-refractivity contribution is 5.95. The van der Waals surface area contributed by atoms with Crippen LogP contribution in [0.5, 0.6) is 0 Å². The minimum atomic E-state index is -0.389. The summed E-state index contributed by atoms with van der Waals surface area (Å²) in [5, 5.41) is 3.53. The van der Waals surface area contributed by atoms with Gasteiger partial charge in [0.25, 0.3) is 0 Å². The molecule has 1 saturated heterocycles. The highest BCUT2D eigenvalue weighted by Gasteiger charge is 2.39. The van der Waals surface area contributed by atoms with Gasteiger partial charge in [-0.1, -0.05) is 6.92 Å². The van der Waals surface area contributed by atoms with Gasteiger partial charge >= 0.3 is 5.97 Å². The first-order valence-corrected chi connectivity index (χ1v) is 6.64. The Morgan fingerprint density at radius 3 is 2.11 bits per heavy atom. The van der Waals surface area contributed by atoms with Gasteiger partial charge in [-0.05, 0) is 27.7 Å². The van der Waals surface area contributed by atoms with Crippen LogP contribution in [0.15, 0.2) is 0 Å². The third kappa shape index (κ3) is 4.77. The Labute approximate surface area is 109 Å². The van der Waals surface area contributed by atoms with Gasteiger partial charge in [0.2, 0.25) is 0 Å². The number of piperidine rings is 1. The number of ketones is 1. The number of carbonyl (C=O) groups excluding carboxylic acids is 2. The van der Waals surface area contributed by atoms with Gasteiger partial charge in [-0.2, -0.15) is 0 Å². The van der Waals surface area contributed by atoms with Crippen LogP contribution >= 0.6 is 0 Å². The average molecular weight is 255 g/mol. The first-order chi connectivity index (χ1) is 8.13. The lowest BCUT2D eigenvalue weighted by molar-refractivity contribution is -0.154. The standard InChI is InChI=1S/C14H25NO3/c1-6-10(16)7-12(17)18-11-8-13(2,3)15-14(4,5)9-11/h11,15H,6-9H2,1-5H3. The normalized spacial score (nSPS) is 22.5. The molecule has 4 heteroatoms. The molecule has 0 bridgehead atoms. The van der Waals surface area contributed by atoms with Crippen LogP contribution in [-0.4, -0.2) is 28.9 Å². The van der Waals surface area contributed by atoms with E-state index in [-0.39, 0.29) is 35.4 Å². The summed E-state index contributed by atoms with van der Waals surface area (Å²) >= 11 is 0. The molecule has 0 aromatic rings. The Hall–Kier alpha value is -0.900. The van der Waals surface area contributed by atoms with Gasteiger partial charge in [-0.15, -0.1) is 0 Å². The molecule has 104 valence electrons. The Morgan fingerprint density at radius 2 is 1.67 bits per heavy atom. The number of Topliss-reactive ketones (excluding diaryl/α,β-unsaturated/α-hetero) is 1. The molecular weight excluding hydrogens is 230 g/mol. The fourth-order valence-corrected chi connectivity index (χ4v) is 2.83. The van der Waals surface area contributed by atoms with Gasteiger partial charge in [0, 0.05) is 30.3 Å². The van der Waals surface area contributed by atoms with Crippen LogP contribution < -0.4 is 5.32 Å². The zero-order chi connectivity index (χ0) is 14.0. The second-order valence-electron chi connectivity index (χ2n) is 6.48. The smallest absolute Gasteiger partial charge is 0.313 e. The molecule has 0 aromatic heterocycles. The maximum absolute atomic E-state index is 11.6. The van der Waals surface area contributed by atoms with Crippen molar-refractivity contribution in [1.29, 1.82) is 0 Å². The summed E-state index contributed by atoms with van der Waals surface area (Å²) in [6.07, 6.45) is 1.75. The molecule has 0 unspecified atom stereocenters. The summed E-state index contributed by atoms with van der Waals surface area (Å²) in [4.78, 5) is 22.8. The summed E-state index contributed by atoms with van der Waals surface area (Å²) < 4.78 is 5.44. The van der Waals surface area contributed by atoms with Crippen LogP contribution in [-0.2, 0) is 14.3 Å². The van der Waals surface area contributed by atoms with Gasteiger partial charge in [0.15, 0.2) is 0 Å². The van der Waals surface area contributed by atoms with Crippen molar-refractivity contribution < 1.29 is 14.3 Å². The maximum Gasteiger partial charge on any atom is 0.313 e. The molecule has 4 nitrogen and oxygen atoms in total. The lowest BCUT2D eigenvalue weighted by atomic mass is 9.81. The Bertz CT molecular complexity index is 318. The number of esters is 1. The van der Waals surface area contributed by atoms with E-state index in [0.29, 0.717) is 6.42 Å². The van der Waals surface area contributed by atoms with Gasteiger partial charge in [-0.3, -0.25) is 9.59 Å². The highest BCUT2D eigenvalue weighted by Crippen LogP contribution is 2.30. The Kier molecular flexibility index (Phi) is 4.54. The molecule has 0 saturated carbocycles. The monoisotopic (exact) mass is 255 g/mol. The van der Waals surface area contributed by atoms with Crippen molar-refractivity contribution in [3.8, 4) is 0 Å². The molecule has 0 spiro atoms. The van der Waals surface area contributed by atoms with E-state index in [1.54, 1.807) is 6.92 Å². The van der Waals surface area contributed by atoms with E-state index in [2.05, 4.69) is 33.0 Å². The van der Waals surface area contributed by atoms with Crippen molar-refractivity contribution in [3.05, 3.63) is 0 Å². The second kappa shape index (κ2) is 5.39. The van der Waals surface area contributed by atoms with Crippen molar-refractivity contribution in [2.75, 3.05) is 0 Å². The van der Waals surface area contributed by atoms with Crippen molar-refractivity contribution >= 4 is 11.8 Å². The minimum absolute atomic E-state index is 0.0541. The fourth-order valence-electron chi connectivity index (χ4n) is 2.83. The predicted octanol–water partition coefficient (Wildman–Crippen LogP) is 2.21. The van der Waals surface area contributed by atoms with Crippen molar-refractivity contribution in [1.82, 2.24) is 5.32 Å². The highest BCUT2D eigenvalue weighted by atomic mass is 16.5. The van der Waals surface area contributed by atoms with Crippen LogP contribution in [0, 0.1) is 0 Å². The quantitative estimate of drug-likeness (QED) is 0.618. The largest absolute Gasteiger partial charge is 0.462 e. The number of nitrogens with one attached hydrogen (secondary N) is 1. The molecule has 1 heterocycles. The minimum Gasteiger partial charge on any atom is -0.462 e. The number of hydrogen-bond acceptors (Lipinski definition) is 4. The predicted molar refractivity (Wildman–Crippen MR) is 70.3 cm³/mol. The Morgan fingerprint density at radius 1 is 1.17 bits per heavy atom. The van der Waals surface area contributed by atoms with E-state index < -0.39 is 0 Å². The second-order valence-corrected chi connectivity index (χ2v) is 6.48. The first-order valence-electron chi connectivity index (χ1n) is 6.64. The first kappa shape index (κ1) is 15.2. The molecule has 1 aliphatic rings. The number of carbonyl (C=O) groups is 2. The molecule has 1 N–H and O–H groups in total. The number of ether oxygens (including phenoxy) is 1. The fraction of sp³-hybridized carbons (Fsp3) is 0.857. The van der Waals surface area contributed by atoms with E-state index in [1.165, 1.54) is 0 Å². The van der Waals surface area contributed by atoms with Gasteiger partial charge in [0.1, 0.15) is 18.3 Å². The van der Waals surface area contributed by atoms with Crippen LogP contribution in [0.4, 0.5) is 0 Å². The van der Waals surface area contributed by atoms with Gasteiger partial charge in [0.05, 0.1) is 0 Å². The van der Waals surface area contributed by atoms with Crippen molar-refractivity contribution in [3.63, 3.8) is 0 Å². The molecule has 0 atom stereocenters. The van der Waals surface area contributed by atoms with Gasteiger partial charge < -0.3 is 10.1 Å². The average Bonchev–Trinajstić information content (AvgIpc) is 2.11. The third-order valence-corrected chi connectivity index (χ3v) is 3.19. The van der Waals surface area contributed by atoms with Crippen molar-refractivity contribution in [2.24, 2.45) is 0 Å². The molecular formula is C14H25NO3. The molecule has 18 heavy (non-hydrogen) atoms. The molecule has 1 rings (SSSR count). The van der Waals surface area contributed by atoms with Crippen LogP contribution in [0.25, 0.3) is 0 Å². The number of hydrogen-bond donors (Lipinski definition) is 1. The molecule has 0 aromatic carbocycles. The van der Waals surface area contributed by atoms with Crippen molar-refractivity contribution in [2.45, 2.75) is 77.5 Å². The SMILES string of the molecule is CCC(=O)CC(=O)OC1CC(C)(C)NC(C)(C)C1. The van der Waals surface area contributed by atoms with Crippen LogP contribution in [0.2, 0.25) is 0 Å². The van der Waals surface area contributed by atoms with E-state index in [9.17, 15) is 9.59 Å². The molecule has 0 aliphatic carbocycles. The summed E-state index contributed by atoms with van der Waals surface area (Å²) in [5.41, 5.74) is -0.108. The lowest BCUT2D eigenvalue weighted by Crippen LogP contribution is -2.59. The zero-order valence-electron chi connectivity index (χ0n) is 12.1. The van der Waals surface area contributed by atoms with Crippen LogP contribution in [0.3, 0.4) is 0 Å². The van der Waals surface area contributed by atoms with Gasteiger partial charge in [-0.25, -0.2) is 0 Å². The van der Waals surface area contributed by atoms with E-state index in [0.717, 1.165) is 12.8 Å². The van der Waals surface area contributed by atoms with E-state index in [1.807, 2.05) is 0 Å². The maximum atomic E-state index is 11.6. The third-order valence-electron chi connectivity index (χ3n) is 3.19. The zero-order valence-corrected chi connectivity index (χ0v) is 12.1. The topological polar surface area (TPSA) is 55.4 Å². The molecule has 1 aliphatic heterocycles.